The molecule has 118 valence electrons. The van der Waals surface area contributed by atoms with E-state index >= 15 is 0 Å². The first-order valence-corrected chi connectivity index (χ1v) is 8.94. The van der Waals surface area contributed by atoms with Crippen LogP contribution in [-0.2, 0) is 9.47 Å². The summed E-state index contributed by atoms with van der Waals surface area (Å²) in [6.07, 6.45) is 1.15. The minimum absolute atomic E-state index is 0.0869. The van der Waals surface area contributed by atoms with Crippen LogP contribution in [0.1, 0.15) is 31.7 Å². The topological polar surface area (TPSA) is 27.7 Å². The number of benzene rings is 1. The van der Waals surface area contributed by atoms with Gasteiger partial charge in [0.25, 0.3) is 0 Å². The molecular weight excluding hydrogens is 400 g/mol. The van der Waals surface area contributed by atoms with E-state index in [1.165, 1.54) is 5.56 Å². The molecule has 1 aliphatic rings. The van der Waals surface area contributed by atoms with Crippen molar-refractivity contribution in [3.8, 4) is 5.75 Å². The summed E-state index contributed by atoms with van der Waals surface area (Å²) in [4.78, 5) is 0.359. The van der Waals surface area contributed by atoms with E-state index in [1.54, 1.807) is 7.11 Å². The molecule has 0 aromatic heterocycles. The number of alkyl halides is 1. The maximum atomic E-state index is 6.19. The van der Waals surface area contributed by atoms with E-state index in [2.05, 4.69) is 51.8 Å². The number of rotatable bonds is 7. The summed E-state index contributed by atoms with van der Waals surface area (Å²) in [6, 6.07) is 6.19. The number of halogens is 2. The minimum atomic E-state index is 0.0869. The van der Waals surface area contributed by atoms with Crippen molar-refractivity contribution in [2.75, 3.05) is 20.3 Å². The van der Waals surface area contributed by atoms with Crippen LogP contribution in [0.5, 0.6) is 5.75 Å². The molecule has 21 heavy (non-hydrogen) atoms. The average molecular weight is 422 g/mol. The lowest BCUT2D eigenvalue weighted by atomic mass is 9.91. The predicted molar refractivity (Wildman–Crippen MR) is 91.6 cm³/mol. The van der Waals surface area contributed by atoms with E-state index in [0.29, 0.717) is 24.0 Å². The second kappa shape index (κ2) is 7.95. The van der Waals surface area contributed by atoms with Crippen LogP contribution >= 0.6 is 31.9 Å². The molecule has 3 nitrogen and oxygen atoms in total. The Morgan fingerprint density at radius 3 is 2.67 bits per heavy atom. The molecule has 0 heterocycles. The highest BCUT2D eigenvalue weighted by atomic mass is 79.9. The molecule has 0 bridgehead atoms. The normalized spacial score (nSPS) is 25.0. The zero-order valence-electron chi connectivity index (χ0n) is 12.6. The summed E-state index contributed by atoms with van der Waals surface area (Å²) in [5.74, 6) is 1.38. The van der Waals surface area contributed by atoms with Crippen LogP contribution in [-0.4, -0.2) is 37.4 Å². The molecule has 1 fully saturated rings. The summed E-state index contributed by atoms with van der Waals surface area (Å²) >= 11 is 7.16. The Labute approximate surface area is 143 Å². The van der Waals surface area contributed by atoms with Gasteiger partial charge in [0.05, 0.1) is 13.2 Å². The van der Waals surface area contributed by atoms with Gasteiger partial charge in [0.15, 0.2) is 0 Å². The highest BCUT2D eigenvalue weighted by Gasteiger charge is 2.42. The molecule has 0 saturated heterocycles. The zero-order valence-corrected chi connectivity index (χ0v) is 15.8. The predicted octanol–water partition coefficient (Wildman–Crippen LogP) is 4.52. The second-order valence-electron chi connectivity index (χ2n) is 5.57. The molecule has 3 atom stereocenters. The van der Waals surface area contributed by atoms with Crippen molar-refractivity contribution in [3.05, 3.63) is 28.2 Å². The van der Waals surface area contributed by atoms with Crippen LogP contribution in [0.15, 0.2) is 22.7 Å². The fraction of sp³-hybridized carbons (Fsp3) is 0.625. The number of ether oxygens (including phenoxy) is 3. The first-order chi connectivity index (χ1) is 10.0. The first kappa shape index (κ1) is 17.3. The Kier molecular flexibility index (Phi) is 6.53. The highest BCUT2D eigenvalue weighted by molar-refractivity contribution is 9.10. The Hall–Kier alpha value is -0.100. The molecule has 1 aromatic carbocycles. The second-order valence-corrected chi connectivity index (χ2v) is 7.66. The lowest BCUT2D eigenvalue weighted by Gasteiger charge is -2.41. The van der Waals surface area contributed by atoms with Crippen LogP contribution in [0.2, 0.25) is 0 Å². The van der Waals surface area contributed by atoms with Gasteiger partial charge >= 0.3 is 0 Å². The van der Waals surface area contributed by atoms with Crippen LogP contribution in [0, 0.1) is 0 Å². The standard InChI is InChI=1S/C16H22Br2O3/c1-10(2)12-8-11(17)4-5-14(12)21-15-9-13(18)16(15)20-7-6-19-3/h4-5,8,10,13,15-16H,6-7,9H2,1-3H3. The van der Waals surface area contributed by atoms with E-state index < -0.39 is 0 Å². The summed E-state index contributed by atoms with van der Waals surface area (Å²) in [6.45, 7) is 5.56. The van der Waals surface area contributed by atoms with Gasteiger partial charge in [0.2, 0.25) is 0 Å². The molecule has 0 amide bonds. The smallest absolute Gasteiger partial charge is 0.127 e. The largest absolute Gasteiger partial charge is 0.487 e. The summed E-state index contributed by atoms with van der Waals surface area (Å²) in [5.41, 5.74) is 1.22. The Balaban J connectivity index is 2.01. The van der Waals surface area contributed by atoms with Gasteiger partial charge in [-0.25, -0.2) is 0 Å². The van der Waals surface area contributed by atoms with Crippen molar-refractivity contribution in [1.82, 2.24) is 0 Å². The fourth-order valence-electron chi connectivity index (χ4n) is 2.36. The van der Waals surface area contributed by atoms with Crippen molar-refractivity contribution in [2.45, 2.75) is 43.2 Å². The van der Waals surface area contributed by atoms with Crippen molar-refractivity contribution in [3.63, 3.8) is 0 Å². The van der Waals surface area contributed by atoms with Crippen LogP contribution in [0.3, 0.4) is 0 Å². The van der Waals surface area contributed by atoms with Crippen molar-refractivity contribution in [1.29, 1.82) is 0 Å². The zero-order chi connectivity index (χ0) is 15.4. The van der Waals surface area contributed by atoms with Gasteiger partial charge in [-0.15, -0.1) is 0 Å². The number of methoxy groups -OCH3 is 1. The highest BCUT2D eigenvalue weighted by Crippen LogP contribution is 2.37. The van der Waals surface area contributed by atoms with Crippen molar-refractivity contribution in [2.24, 2.45) is 0 Å². The number of hydrogen-bond donors (Lipinski definition) is 0. The first-order valence-electron chi connectivity index (χ1n) is 7.23. The SMILES string of the molecule is COCCOC1C(Br)CC1Oc1ccc(Br)cc1C(C)C. The van der Waals surface area contributed by atoms with Gasteiger partial charge in [0.1, 0.15) is 18.0 Å². The van der Waals surface area contributed by atoms with Crippen molar-refractivity contribution < 1.29 is 14.2 Å². The summed E-state index contributed by atoms with van der Waals surface area (Å²) < 4.78 is 18.1. The van der Waals surface area contributed by atoms with E-state index in [-0.39, 0.29) is 12.2 Å². The molecule has 0 radical (unpaired) electrons. The molecule has 0 aliphatic heterocycles. The molecule has 0 N–H and O–H groups in total. The Morgan fingerprint density at radius 1 is 1.29 bits per heavy atom. The average Bonchev–Trinajstić information content (AvgIpc) is 2.44. The molecule has 1 aromatic rings. The van der Waals surface area contributed by atoms with E-state index in [4.69, 9.17) is 14.2 Å². The van der Waals surface area contributed by atoms with Crippen molar-refractivity contribution >= 4 is 31.9 Å². The van der Waals surface area contributed by atoms with Gasteiger partial charge in [-0.1, -0.05) is 45.7 Å². The maximum absolute atomic E-state index is 6.19. The van der Waals surface area contributed by atoms with Crippen LogP contribution in [0.4, 0.5) is 0 Å². The van der Waals surface area contributed by atoms with Gasteiger partial charge in [-0.2, -0.15) is 0 Å². The van der Waals surface area contributed by atoms with E-state index in [0.717, 1.165) is 16.6 Å². The third-order valence-electron chi connectivity index (χ3n) is 3.65. The van der Waals surface area contributed by atoms with Gasteiger partial charge in [0, 0.05) is 22.8 Å². The Morgan fingerprint density at radius 2 is 2.05 bits per heavy atom. The van der Waals surface area contributed by atoms with Gasteiger partial charge in [-0.05, 0) is 29.7 Å². The summed E-state index contributed by atoms with van der Waals surface area (Å²) in [5, 5.41) is 0. The monoisotopic (exact) mass is 420 g/mol. The molecular formula is C16H22Br2O3. The quantitative estimate of drug-likeness (QED) is 0.478. The lowest BCUT2D eigenvalue weighted by Crippen LogP contribution is -2.52. The molecule has 2 rings (SSSR count). The molecule has 1 aliphatic carbocycles. The van der Waals surface area contributed by atoms with Gasteiger partial charge in [-0.3, -0.25) is 0 Å². The van der Waals surface area contributed by atoms with E-state index in [9.17, 15) is 0 Å². The molecule has 0 spiro atoms. The number of hydrogen-bond acceptors (Lipinski definition) is 3. The maximum Gasteiger partial charge on any atom is 0.127 e. The van der Waals surface area contributed by atoms with Crippen LogP contribution < -0.4 is 4.74 Å². The third-order valence-corrected chi connectivity index (χ3v) is 5.04. The van der Waals surface area contributed by atoms with E-state index in [1.807, 2.05) is 12.1 Å². The molecule has 1 saturated carbocycles. The Bertz CT molecular complexity index is 465. The van der Waals surface area contributed by atoms with Crippen LogP contribution in [0.25, 0.3) is 0 Å². The van der Waals surface area contributed by atoms with Gasteiger partial charge < -0.3 is 14.2 Å². The molecule has 3 unspecified atom stereocenters. The molecule has 5 heteroatoms. The summed E-state index contributed by atoms with van der Waals surface area (Å²) in [7, 11) is 1.68. The third kappa shape index (κ3) is 4.44. The lowest BCUT2D eigenvalue weighted by molar-refractivity contribution is -0.0868. The fourth-order valence-corrected chi connectivity index (χ4v) is 3.60. The minimum Gasteiger partial charge on any atom is -0.487 e.